The van der Waals surface area contributed by atoms with Gasteiger partial charge in [-0.05, 0) is 23.8 Å². The Labute approximate surface area is 88.5 Å². The topological polar surface area (TPSA) is 47.6 Å². The van der Waals surface area contributed by atoms with Gasteiger partial charge in [0.05, 0.1) is 14.2 Å². The van der Waals surface area contributed by atoms with E-state index < -0.39 is 0 Å². The molecule has 1 aromatic rings. The minimum Gasteiger partial charge on any atom is -0.497 e. The van der Waals surface area contributed by atoms with Crippen LogP contribution in [0.15, 0.2) is 30.3 Å². The van der Waals surface area contributed by atoms with Gasteiger partial charge in [-0.1, -0.05) is 12.1 Å². The van der Waals surface area contributed by atoms with Crippen molar-refractivity contribution in [3.05, 3.63) is 35.9 Å². The van der Waals surface area contributed by atoms with Crippen LogP contribution in [0.3, 0.4) is 0 Å². The number of rotatable bonds is 4. The van der Waals surface area contributed by atoms with Crippen LogP contribution in [0, 0.1) is 0 Å². The average molecular weight is 207 g/mol. The molecular weight excluding hydrogens is 194 g/mol. The van der Waals surface area contributed by atoms with Gasteiger partial charge in [0.1, 0.15) is 5.75 Å². The molecule has 80 valence electrons. The van der Waals surface area contributed by atoms with Gasteiger partial charge in [-0.2, -0.15) is 0 Å². The third kappa shape index (κ3) is 3.83. The summed E-state index contributed by atoms with van der Waals surface area (Å²) in [7, 11) is 2.98. The molecule has 0 aliphatic carbocycles. The molecule has 0 fully saturated rings. The van der Waals surface area contributed by atoms with Crippen molar-refractivity contribution in [2.24, 2.45) is 0 Å². The van der Waals surface area contributed by atoms with E-state index in [0.717, 1.165) is 11.3 Å². The van der Waals surface area contributed by atoms with Crippen molar-refractivity contribution in [1.29, 1.82) is 0 Å². The van der Waals surface area contributed by atoms with E-state index in [1.54, 1.807) is 13.2 Å². The van der Waals surface area contributed by atoms with Crippen molar-refractivity contribution < 1.29 is 14.4 Å². The predicted molar refractivity (Wildman–Crippen MR) is 57.2 cm³/mol. The Balaban J connectivity index is 2.67. The lowest BCUT2D eigenvalue weighted by Crippen LogP contribution is -2.18. The van der Waals surface area contributed by atoms with E-state index in [-0.39, 0.29) is 5.91 Å². The monoisotopic (exact) mass is 207 g/mol. The Bertz CT molecular complexity index is 361. The van der Waals surface area contributed by atoms with Crippen LogP contribution in [0.5, 0.6) is 5.75 Å². The van der Waals surface area contributed by atoms with Crippen LogP contribution in [-0.2, 0) is 9.63 Å². The Morgan fingerprint density at radius 3 is 2.87 bits per heavy atom. The van der Waals surface area contributed by atoms with Crippen molar-refractivity contribution in [3.63, 3.8) is 0 Å². The lowest BCUT2D eigenvalue weighted by molar-refractivity contribution is -0.126. The molecular formula is C11H13NO3. The molecule has 0 heterocycles. The first-order valence-electron chi connectivity index (χ1n) is 4.41. The van der Waals surface area contributed by atoms with Crippen LogP contribution in [-0.4, -0.2) is 20.1 Å². The van der Waals surface area contributed by atoms with Gasteiger partial charge >= 0.3 is 0 Å². The number of ether oxygens (including phenoxy) is 1. The fraction of sp³-hybridized carbons (Fsp3) is 0.182. The second-order valence-electron chi connectivity index (χ2n) is 2.78. The quantitative estimate of drug-likeness (QED) is 0.599. The molecule has 0 saturated carbocycles. The molecule has 0 aliphatic heterocycles. The molecule has 15 heavy (non-hydrogen) atoms. The molecule has 4 heteroatoms. The summed E-state index contributed by atoms with van der Waals surface area (Å²) in [4.78, 5) is 15.5. The number of hydrogen-bond acceptors (Lipinski definition) is 3. The highest BCUT2D eigenvalue weighted by molar-refractivity contribution is 5.90. The van der Waals surface area contributed by atoms with Gasteiger partial charge in [0.25, 0.3) is 5.91 Å². The van der Waals surface area contributed by atoms with E-state index in [2.05, 4.69) is 10.3 Å². The van der Waals surface area contributed by atoms with E-state index in [1.807, 2.05) is 24.3 Å². The number of carbonyl (C=O) groups excluding carboxylic acids is 1. The number of amides is 1. The number of benzene rings is 1. The van der Waals surface area contributed by atoms with Crippen molar-refractivity contribution in [2.75, 3.05) is 14.2 Å². The minimum atomic E-state index is -0.305. The maximum atomic E-state index is 11.0. The summed E-state index contributed by atoms with van der Waals surface area (Å²) in [5.41, 5.74) is 3.08. The zero-order valence-electron chi connectivity index (χ0n) is 8.69. The molecule has 0 spiro atoms. The molecule has 4 nitrogen and oxygen atoms in total. The van der Waals surface area contributed by atoms with E-state index >= 15 is 0 Å². The standard InChI is InChI=1S/C11H13NO3/c1-14-10-5-3-4-9(8-10)6-7-11(13)12-15-2/h3-8H,1-2H3,(H,12,13)/b7-6+. The summed E-state index contributed by atoms with van der Waals surface area (Å²) < 4.78 is 5.05. The smallest absolute Gasteiger partial charge is 0.267 e. The number of methoxy groups -OCH3 is 1. The minimum absolute atomic E-state index is 0.305. The number of nitrogens with one attached hydrogen (secondary N) is 1. The van der Waals surface area contributed by atoms with Gasteiger partial charge in [-0.25, -0.2) is 5.48 Å². The third-order valence-electron chi connectivity index (χ3n) is 1.72. The van der Waals surface area contributed by atoms with Crippen LogP contribution in [0.2, 0.25) is 0 Å². The van der Waals surface area contributed by atoms with E-state index in [0.29, 0.717) is 0 Å². The normalized spacial score (nSPS) is 10.3. The van der Waals surface area contributed by atoms with Crippen molar-refractivity contribution in [2.45, 2.75) is 0 Å². The van der Waals surface area contributed by atoms with Gasteiger partial charge in [0, 0.05) is 6.08 Å². The van der Waals surface area contributed by atoms with E-state index in [1.165, 1.54) is 13.2 Å². The van der Waals surface area contributed by atoms with Crippen molar-refractivity contribution >= 4 is 12.0 Å². The lowest BCUT2D eigenvalue weighted by Gasteiger charge is -2.00. The Kier molecular flexibility index (Phi) is 4.37. The van der Waals surface area contributed by atoms with Gasteiger partial charge < -0.3 is 4.74 Å². The maximum Gasteiger partial charge on any atom is 0.267 e. The average Bonchev–Trinajstić information content (AvgIpc) is 2.27. The molecule has 1 rings (SSSR count). The number of hydroxylamine groups is 1. The summed E-state index contributed by atoms with van der Waals surface area (Å²) >= 11 is 0. The molecule has 1 aromatic carbocycles. The molecule has 1 amide bonds. The van der Waals surface area contributed by atoms with Crippen molar-refractivity contribution in [1.82, 2.24) is 5.48 Å². The summed E-state index contributed by atoms with van der Waals surface area (Å²) in [6.07, 6.45) is 3.06. The first kappa shape index (κ1) is 11.3. The number of hydrogen-bond donors (Lipinski definition) is 1. The Morgan fingerprint density at radius 1 is 1.40 bits per heavy atom. The summed E-state index contributed by atoms with van der Waals surface area (Å²) in [6.45, 7) is 0. The molecule has 0 radical (unpaired) electrons. The van der Waals surface area contributed by atoms with Crippen LogP contribution < -0.4 is 10.2 Å². The predicted octanol–water partition coefficient (Wildman–Crippen LogP) is 1.39. The highest BCUT2D eigenvalue weighted by Gasteiger charge is 1.94. The largest absolute Gasteiger partial charge is 0.497 e. The SMILES string of the molecule is CONC(=O)/C=C/c1cccc(OC)c1. The van der Waals surface area contributed by atoms with Gasteiger partial charge in [0.15, 0.2) is 0 Å². The second-order valence-corrected chi connectivity index (χ2v) is 2.78. The van der Waals surface area contributed by atoms with Gasteiger partial charge in [0.2, 0.25) is 0 Å². The molecule has 0 aliphatic rings. The first-order chi connectivity index (χ1) is 7.26. The summed E-state index contributed by atoms with van der Waals surface area (Å²) in [5, 5.41) is 0. The van der Waals surface area contributed by atoms with Gasteiger partial charge in [-0.3, -0.25) is 9.63 Å². The van der Waals surface area contributed by atoms with Crippen LogP contribution in [0.1, 0.15) is 5.56 Å². The molecule has 1 N–H and O–H groups in total. The molecule has 0 atom stereocenters. The fourth-order valence-corrected chi connectivity index (χ4v) is 1.05. The fourth-order valence-electron chi connectivity index (χ4n) is 1.05. The zero-order chi connectivity index (χ0) is 11.1. The van der Waals surface area contributed by atoms with Crippen molar-refractivity contribution in [3.8, 4) is 5.75 Å². The molecule has 0 unspecified atom stereocenters. The lowest BCUT2D eigenvalue weighted by atomic mass is 10.2. The Hall–Kier alpha value is -1.81. The Morgan fingerprint density at radius 2 is 2.20 bits per heavy atom. The molecule has 0 aromatic heterocycles. The summed E-state index contributed by atoms with van der Waals surface area (Å²) in [5.74, 6) is 0.449. The maximum absolute atomic E-state index is 11.0. The summed E-state index contributed by atoms with van der Waals surface area (Å²) in [6, 6.07) is 7.40. The van der Waals surface area contributed by atoms with Crippen LogP contribution in [0.4, 0.5) is 0 Å². The number of carbonyl (C=O) groups is 1. The third-order valence-corrected chi connectivity index (χ3v) is 1.72. The zero-order valence-corrected chi connectivity index (χ0v) is 8.69. The van der Waals surface area contributed by atoms with Crippen LogP contribution in [0.25, 0.3) is 6.08 Å². The first-order valence-corrected chi connectivity index (χ1v) is 4.41. The van der Waals surface area contributed by atoms with Crippen LogP contribution >= 0.6 is 0 Å². The highest BCUT2D eigenvalue weighted by atomic mass is 16.6. The van der Waals surface area contributed by atoms with E-state index in [4.69, 9.17) is 4.74 Å². The van der Waals surface area contributed by atoms with E-state index in [9.17, 15) is 4.79 Å². The van der Waals surface area contributed by atoms with Gasteiger partial charge in [-0.15, -0.1) is 0 Å². The molecule has 0 bridgehead atoms. The highest BCUT2D eigenvalue weighted by Crippen LogP contribution is 2.13. The molecule has 0 saturated heterocycles. The second kappa shape index (κ2) is 5.82.